The quantitative estimate of drug-likeness (QED) is 0.835. The Hall–Kier alpha value is -1.82. The molecule has 0 aromatic carbocycles. The third kappa shape index (κ3) is 2.06. The lowest BCUT2D eigenvalue weighted by molar-refractivity contribution is 0.352. The fraction of sp³-hybridized carbons (Fsp3) is 0.400. The van der Waals surface area contributed by atoms with Crippen LogP contribution in [0.25, 0.3) is 11.5 Å². The van der Waals surface area contributed by atoms with Crippen LogP contribution in [-0.2, 0) is 0 Å². The molecule has 0 aliphatic rings. The van der Waals surface area contributed by atoms with Crippen LogP contribution < -0.4 is 5.73 Å². The summed E-state index contributed by atoms with van der Waals surface area (Å²) in [6.45, 7) is 3.77. The SMILES string of the molecule is CC[C@@H](N)c1nc(-c2ccnc(C)n2)no1. The lowest BCUT2D eigenvalue weighted by Gasteiger charge is -1.99. The van der Waals surface area contributed by atoms with Gasteiger partial charge in [-0.05, 0) is 19.4 Å². The van der Waals surface area contributed by atoms with Crippen LogP contribution in [0.5, 0.6) is 0 Å². The second kappa shape index (κ2) is 4.36. The Balaban J connectivity index is 2.31. The standard InChI is InChI=1S/C10H13N5O/c1-3-7(11)10-14-9(15-16-10)8-4-5-12-6(2)13-8/h4-5,7H,3,11H2,1-2H3/t7-/m1/s1. The van der Waals surface area contributed by atoms with Crippen molar-refractivity contribution in [3.8, 4) is 11.5 Å². The Morgan fingerprint density at radius 1 is 1.44 bits per heavy atom. The predicted molar refractivity (Wildman–Crippen MR) is 57.3 cm³/mol. The number of hydrogen-bond donors (Lipinski definition) is 1. The first-order valence-corrected chi connectivity index (χ1v) is 5.10. The smallest absolute Gasteiger partial charge is 0.243 e. The molecule has 0 radical (unpaired) electrons. The van der Waals surface area contributed by atoms with Crippen molar-refractivity contribution in [1.82, 2.24) is 20.1 Å². The van der Waals surface area contributed by atoms with Gasteiger partial charge in [0.1, 0.15) is 11.5 Å². The largest absolute Gasteiger partial charge is 0.337 e. The molecule has 1 atom stereocenters. The highest BCUT2D eigenvalue weighted by Gasteiger charge is 2.14. The first-order valence-electron chi connectivity index (χ1n) is 5.10. The summed E-state index contributed by atoms with van der Waals surface area (Å²) in [5, 5.41) is 3.84. The molecule has 0 amide bonds. The zero-order valence-electron chi connectivity index (χ0n) is 9.21. The van der Waals surface area contributed by atoms with E-state index in [0.29, 0.717) is 23.2 Å². The van der Waals surface area contributed by atoms with Gasteiger partial charge in [0.2, 0.25) is 11.7 Å². The molecule has 16 heavy (non-hydrogen) atoms. The summed E-state index contributed by atoms with van der Waals surface area (Å²) in [5.74, 6) is 1.56. The number of nitrogens with zero attached hydrogens (tertiary/aromatic N) is 4. The summed E-state index contributed by atoms with van der Waals surface area (Å²) in [6, 6.07) is 1.52. The number of hydrogen-bond acceptors (Lipinski definition) is 6. The van der Waals surface area contributed by atoms with E-state index in [1.54, 1.807) is 12.3 Å². The normalized spacial score (nSPS) is 12.7. The Morgan fingerprint density at radius 3 is 2.94 bits per heavy atom. The van der Waals surface area contributed by atoms with Crippen molar-refractivity contribution < 1.29 is 4.52 Å². The van der Waals surface area contributed by atoms with E-state index < -0.39 is 0 Å². The van der Waals surface area contributed by atoms with Crippen LogP contribution in [-0.4, -0.2) is 20.1 Å². The summed E-state index contributed by atoms with van der Waals surface area (Å²) >= 11 is 0. The van der Waals surface area contributed by atoms with Crippen molar-refractivity contribution in [1.29, 1.82) is 0 Å². The maximum atomic E-state index is 5.79. The number of aromatic nitrogens is 4. The van der Waals surface area contributed by atoms with E-state index in [4.69, 9.17) is 10.3 Å². The summed E-state index contributed by atoms with van der Waals surface area (Å²) in [4.78, 5) is 12.4. The van der Waals surface area contributed by atoms with Gasteiger partial charge in [0, 0.05) is 6.20 Å². The van der Waals surface area contributed by atoms with E-state index in [-0.39, 0.29) is 6.04 Å². The molecule has 2 heterocycles. The van der Waals surface area contributed by atoms with E-state index in [1.807, 2.05) is 13.8 Å². The highest BCUT2D eigenvalue weighted by Crippen LogP contribution is 2.16. The van der Waals surface area contributed by atoms with Crippen molar-refractivity contribution in [2.45, 2.75) is 26.3 Å². The molecule has 0 spiro atoms. The molecule has 0 aliphatic carbocycles. The van der Waals surface area contributed by atoms with E-state index in [2.05, 4.69) is 20.1 Å². The second-order valence-electron chi connectivity index (χ2n) is 3.46. The highest BCUT2D eigenvalue weighted by atomic mass is 16.5. The predicted octanol–water partition coefficient (Wildman–Crippen LogP) is 1.24. The van der Waals surface area contributed by atoms with Crippen LogP contribution in [0.3, 0.4) is 0 Å². The molecule has 2 rings (SSSR count). The summed E-state index contributed by atoms with van der Waals surface area (Å²) in [5.41, 5.74) is 6.43. The molecular formula is C10H13N5O. The molecule has 6 heteroatoms. The van der Waals surface area contributed by atoms with Crippen molar-refractivity contribution >= 4 is 0 Å². The Bertz CT molecular complexity index is 482. The number of aryl methyl sites for hydroxylation is 1. The molecule has 2 aromatic rings. The van der Waals surface area contributed by atoms with E-state index in [1.165, 1.54) is 0 Å². The lowest BCUT2D eigenvalue weighted by Crippen LogP contribution is -2.08. The third-order valence-corrected chi connectivity index (χ3v) is 2.20. The van der Waals surface area contributed by atoms with Gasteiger partial charge in [0.05, 0.1) is 6.04 Å². The summed E-state index contributed by atoms with van der Waals surface area (Å²) in [6.07, 6.45) is 2.41. The van der Waals surface area contributed by atoms with Crippen molar-refractivity contribution in [2.24, 2.45) is 5.73 Å². The minimum Gasteiger partial charge on any atom is -0.337 e. The van der Waals surface area contributed by atoms with Crippen LogP contribution in [0.4, 0.5) is 0 Å². The van der Waals surface area contributed by atoms with Crippen molar-refractivity contribution in [2.75, 3.05) is 0 Å². The van der Waals surface area contributed by atoms with Gasteiger partial charge < -0.3 is 10.3 Å². The van der Waals surface area contributed by atoms with Gasteiger partial charge in [-0.15, -0.1) is 0 Å². The van der Waals surface area contributed by atoms with Gasteiger partial charge >= 0.3 is 0 Å². The molecule has 0 fully saturated rings. The zero-order valence-corrected chi connectivity index (χ0v) is 9.21. The fourth-order valence-electron chi connectivity index (χ4n) is 1.25. The zero-order chi connectivity index (χ0) is 11.5. The molecule has 0 aliphatic heterocycles. The molecule has 2 N–H and O–H groups in total. The molecule has 2 aromatic heterocycles. The highest BCUT2D eigenvalue weighted by molar-refractivity contribution is 5.46. The minimum absolute atomic E-state index is 0.218. The molecule has 0 unspecified atom stereocenters. The summed E-state index contributed by atoms with van der Waals surface area (Å²) < 4.78 is 5.07. The molecule has 84 valence electrons. The molecule has 0 saturated carbocycles. The Kier molecular flexibility index (Phi) is 2.91. The van der Waals surface area contributed by atoms with Crippen LogP contribution in [0, 0.1) is 6.92 Å². The van der Waals surface area contributed by atoms with Crippen LogP contribution in [0.1, 0.15) is 31.1 Å². The van der Waals surface area contributed by atoms with Gasteiger partial charge in [-0.2, -0.15) is 4.98 Å². The van der Waals surface area contributed by atoms with Crippen LogP contribution in [0.2, 0.25) is 0 Å². The van der Waals surface area contributed by atoms with Crippen LogP contribution in [0.15, 0.2) is 16.8 Å². The topological polar surface area (TPSA) is 90.7 Å². The maximum Gasteiger partial charge on any atom is 0.243 e. The van der Waals surface area contributed by atoms with Gasteiger partial charge in [0.15, 0.2) is 0 Å². The van der Waals surface area contributed by atoms with Gasteiger partial charge in [-0.3, -0.25) is 0 Å². The first-order chi connectivity index (χ1) is 7.70. The molecule has 0 saturated heterocycles. The lowest BCUT2D eigenvalue weighted by atomic mass is 10.2. The van der Waals surface area contributed by atoms with Gasteiger partial charge in [-0.25, -0.2) is 9.97 Å². The maximum absolute atomic E-state index is 5.79. The van der Waals surface area contributed by atoms with E-state index >= 15 is 0 Å². The van der Waals surface area contributed by atoms with Crippen molar-refractivity contribution in [3.63, 3.8) is 0 Å². The fourth-order valence-corrected chi connectivity index (χ4v) is 1.25. The molecule has 6 nitrogen and oxygen atoms in total. The third-order valence-electron chi connectivity index (χ3n) is 2.20. The number of rotatable bonds is 3. The average Bonchev–Trinajstić information content (AvgIpc) is 2.77. The molecular weight excluding hydrogens is 206 g/mol. The minimum atomic E-state index is -0.218. The molecule has 0 bridgehead atoms. The van der Waals surface area contributed by atoms with E-state index in [0.717, 1.165) is 6.42 Å². The Labute approximate surface area is 92.9 Å². The number of nitrogens with two attached hydrogens (primary N) is 1. The monoisotopic (exact) mass is 219 g/mol. The first kappa shape index (κ1) is 10.7. The Morgan fingerprint density at radius 2 is 2.25 bits per heavy atom. The summed E-state index contributed by atoms with van der Waals surface area (Å²) in [7, 11) is 0. The van der Waals surface area contributed by atoms with Gasteiger partial charge in [0.25, 0.3) is 0 Å². The van der Waals surface area contributed by atoms with Crippen molar-refractivity contribution in [3.05, 3.63) is 24.0 Å². The van der Waals surface area contributed by atoms with Gasteiger partial charge in [-0.1, -0.05) is 12.1 Å². The second-order valence-corrected chi connectivity index (χ2v) is 3.46. The van der Waals surface area contributed by atoms with Crippen LogP contribution >= 0.6 is 0 Å². The van der Waals surface area contributed by atoms with E-state index in [9.17, 15) is 0 Å². The average molecular weight is 219 g/mol.